The van der Waals surface area contributed by atoms with E-state index in [2.05, 4.69) is 58.3 Å². The van der Waals surface area contributed by atoms with Gasteiger partial charge in [0.25, 0.3) is 0 Å². The highest BCUT2D eigenvalue weighted by Crippen LogP contribution is 2.29. The Morgan fingerprint density at radius 3 is 2.67 bits per heavy atom. The molecule has 2 unspecified atom stereocenters. The lowest BCUT2D eigenvalue weighted by atomic mass is 9.80. The van der Waals surface area contributed by atoms with Crippen molar-refractivity contribution in [3.63, 3.8) is 0 Å². The standard InChI is InChI=1S/C18H23BrN2/c1-12-8-13(2)10-15(9-12)21-11-14-5-6-17(19)16-4-3-7-20-18(14)16/h3-7,12-13,15,21H,8-11H2,1-2H3. The van der Waals surface area contributed by atoms with Gasteiger partial charge in [-0.2, -0.15) is 0 Å². The van der Waals surface area contributed by atoms with Crippen molar-refractivity contribution < 1.29 is 0 Å². The lowest BCUT2D eigenvalue weighted by molar-refractivity contribution is 0.238. The van der Waals surface area contributed by atoms with E-state index in [1.165, 1.54) is 30.2 Å². The van der Waals surface area contributed by atoms with Gasteiger partial charge in [0.15, 0.2) is 0 Å². The van der Waals surface area contributed by atoms with E-state index in [-0.39, 0.29) is 0 Å². The first kappa shape index (κ1) is 15.0. The Labute approximate surface area is 135 Å². The van der Waals surface area contributed by atoms with Gasteiger partial charge >= 0.3 is 0 Å². The molecule has 2 nitrogen and oxygen atoms in total. The molecule has 1 aliphatic carbocycles. The molecule has 0 spiro atoms. The summed E-state index contributed by atoms with van der Waals surface area (Å²) < 4.78 is 1.12. The fourth-order valence-electron chi connectivity index (χ4n) is 3.71. The Hall–Kier alpha value is -0.930. The second kappa shape index (κ2) is 6.45. The minimum atomic E-state index is 0.645. The molecular weight excluding hydrogens is 324 g/mol. The van der Waals surface area contributed by atoms with Gasteiger partial charge in [-0.25, -0.2) is 0 Å². The van der Waals surface area contributed by atoms with E-state index in [9.17, 15) is 0 Å². The molecule has 1 aromatic carbocycles. The van der Waals surface area contributed by atoms with Crippen molar-refractivity contribution in [3.05, 3.63) is 40.5 Å². The Morgan fingerprint density at radius 2 is 1.90 bits per heavy atom. The molecule has 3 heteroatoms. The molecule has 1 N–H and O–H groups in total. The number of hydrogen-bond acceptors (Lipinski definition) is 2. The van der Waals surface area contributed by atoms with Gasteiger partial charge in [0.2, 0.25) is 0 Å². The Balaban J connectivity index is 1.75. The second-order valence-corrected chi connectivity index (χ2v) is 7.46. The van der Waals surface area contributed by atoms with E-state index in [0.29, 0.717) is 6.04 Å². The third-order valence-corrected chi connectivity index (χ3v) is 5.25. The summed E-state index contributed by atoms with van der Waals surface area (Å²) in [6.45, 7) is 5.66. The molecule has 0 aliphatic heterocycles. The molecule has 21 heavy (non-hydrogen) atoms. The fourth-order valence-corrected chi connectivity index (χ4v) is 4.16. The molecule has 1 aliphatic rings. The zero-order valence-corrected chi connectivity index (χ0v) is 14.4. The van der Waals surface area contributed by atoms with Crippen molar-refractivity contribution in [1.82, 2.24) is 10.3 Å². The van der Waals surface area contributed by atoms with E-state index in [4.69, 9.17) is 0 Å². The summed E-state index contributed by atoms with van der Waals surface area (Å²) in [7, 11) is 0. The first-order chi connectivity index (χ1) is 10.1. The van der Waals surface area contributed by atoms with E-state index < -0.39 is 0 Å². The molecule has 1 fully saturated rings. The number of rotatable bonds is 3. The van der Waals surface area contributed by atoms with Crippen molar-refractivity contribution in [2.75, 3.05) is 0 Å². The van der Waals surface area contributed by atoms with Crippen LogP contribution in [0.15, 0.2) is 34.9 Å². The fraction of sp³-hybridized carbons (Fsp3) is 0.500. The molecular formula is C18H23BrN2. The van der Waals surface area contributed by atoms with E-state index in [1.54, 1.807) is 0 Å². The molecule has 1 heterocycles. The topological polar surface area (TPSA) is 24.9 Å². The van der Waals surface area contributed by atoms with E-state index in [0.717, 1.165) is 28.4 Å². The van der Waals surface area contributed by atoms with Crippen LogP contribution in [-0.2, 0) is 6.54 Å². The zero-order valence-electron chi connectivity index (χ0n) is 12.8. The van der Waals surface area contributed by atoms with Crippen LogP contribution in [0.4, 0.5) is 0 Å². The van der Waals surface area contributed by atoms with Gasteiger partial charge in [-0.15, -0.1) is 0 Å². The number of nitrogens with zero attached hydrogens (tertiary/aromatic N) is 1. The molecule has 1 aromatic heterocycles. The SMILES string of the molecule is CC1CC(C)CC(NCc2ccc(Br)c3cccnc23)C1. The monoisotopic (exact) mass is 346 g/mol. The van der Waals surface area contributed by atoms with Crippen molar-refractivity contribution in [2.45, 2.75) is 45.7 Å². The third-order valence-electron chi connectivity index (χ3n) is 4.56. The summed E-state index contributed by atoms with van der Waals surface area (Å²) in [6.07, 6.45) is 5.85. The van der Waals surface area contributed by atoms with Crippen molar-refractivity contribution in [2.24, 2.45) is 11.8 Å². The summed E-state index contributed by atoms with van der Waals surface area (Å²) in [5, 5.41) is 4.95. The van der Waals surface area contributed by atoms with Crippen LogP contribution in [0.25, 0.3) is 10.9 Å². The zero-order chi connectivity index (χ0) is 14.8. The lowest BCUT2D eigenvalue weighted by Gasteiger charge is -2.32. The average molecular weight is 347 g/mol. The predicted octanol–water partition coefficient (Wildman–Crippen LogP) is 4.91. The second-order valence-electron chi connectivity index (χ2n) is 6.60. The van der Waals surface area contributed by atoms with Gasteiger partial charge in [-0.1, -0.05) is 41.9 Å². The first-order valence-electron chi connectivity index (χ1n) is 7.89. The molecule has 2 atom stereocenters. The Bertz CT molecular complexity index is 616. The minimum absolute atomic E-state index is 0.645. The Morgan fingerprint density at radius 1 is 1.14 bits per heavy atom. The molecule has 1 saturated carbocycles. The van der Waals surface area contributed by atoms with Gasteiger partial charge in [0, 0.05) is 28.6 Å². The quantitative estimate of drug-likeness (QED) is 0.853. The van der Waals surface area contributed by atoms with Crippen LogP contribution in [0.3, 0.4) is 0 Å². The molecule has 0 amide bonds. The number of nitrogens with one attached hydrogen (secondary N) is 1. The molecule has 2 aromatic rings. The number of halogens is 1. The van der Waals surface area contributed by atoms with Crippen LogP contribution in [-0.4, -0.2) is 11.0 Å². The van der Waals surface area contributed by atoms with Crippen LogP contribution in [0.1, 0.15) is 38.7 Å². The number of hydrogen-bond donors (Lipinski definition) is 1. The molecule has 0 radical (unpaired) electrons. The highest BCUT2D eigenvalue weighted by Gasteiger charge is 2.23. The highest BCUT2D eigenvalue weighted by atomic mass is 79.9. The summed E-state index contributed by atoms with van der Waals surface area (Å²) in [5.41, 5.74) is 2.40. The van der Waals surface area contributed by atoms with E-state index in [1.807, 2.05) is 12.3 Å². The van der Waals surface area contributed by atoms with Crippen molar-refractivity contribution in [3.8, 4) is 0 Å². The summed E-state index contributed by atoms with van der Waals surface area (Å²) in [4.78, 5) is 4.57. The maximum atomic E-state index is 4.57. The number of benzene rings is 1. The van der Waals surface area contributed by atoms with Crippen LogP contribution in [0.2, 0.25) is 0 Å². The van der Waals surface area contributed by atoms with Gasteiger partial charge in [0.1, 0.15) is 0 Å². The normalized spacial score (nSPS) is 26.1. The summed E-state index contributed by atoms with van der Waals surface area (Å²) >= 11 is 3.61. The first-order valence-corrected chi connectivity index (χ1v) is 8.68. The molecule has 3 rings (SSSR count). The minimum Gasteiger partial charge on any atom is -0.310 e. The average Bonchev–Trinajstić information content (AvgIpc) is 2.46. The van der Waals surface area contributed by atoms with Crippen LogP contribution >= 0.6 is 15.9 Å². The van der Waals surface area contributed by atoms with Crippen LogP contribution in [0.5, 0.6) is 0 Å². The third kappa shape index (κ3) is 3.46. The Kier molecular flexibility index (Phi) is 4.60. The lowest BCUT2D eigenvalue weighted by Crippen LogP contribution is -2.35. The molecule has 112 valence electrons. The maximum absolute atomic E-state index is 4.57. The number of fused-ring (bicyclic) bond motifs is 1. The smallest absolute Gasteiger partial charge is 0.0758 e. The number of pyridine rings is 1. The molecule has 0 saturated heterocycles. The van der Waals surface area contributed by atoms with Crippen molar-refractivity contribution >= 4 is 26.8 Å². The van der Waals surface area contributed by atoms with Gasteiger partial charge < -0.3 is 5.32 Å². The van der Waals surface area contributed by atoms with E-state index >= 15 is 0 Å². The van der Waals surface area contributed by atoms with Crippen molar-refractivity contribution in [1.29, 1.82) is 0 Å². The summed E-state index contributed by atoms with van der Waals surface area (Å²) in [6, 6.07) is 9.08. The molecule has 0 bridgehead atoms. The summed E-state index contributed by atoms with van der Waals surface area (Å²) in [5.74, 6) is 1.68. The van der Waals surface area contributed by atoms with Gasteiger partial charge in [0.05, 0.1) is 5.52 Å². The van der Waals surface area contributed by atoms with Gasteiger partial charge in [-0.3, -0.25) is 4.98 Å². The highest BCUT2D eigenvalue weighted by molar-refractivity contribution is 9.10. The largest absolute Gasteiger partial charge is 0.310 e. The van der Waals surface area contributed by atoms with Crippen LogP contribution in [0, 0.1) is 11.8 Å². The maximum Gasteiger partial charge on any atom is 0.0758 e. The predicted molar refractivity (Wildman–Crippen MR) is 92.2 cm³/mol. The number of aromatic nitrogens is 1. The van der Waals surface area contributed by atoms with Crippen LogP contribution < -0.4 is 5.32 Å². The van der Waals surface area contributed by atoms with Gasteiger partial charge in [-0.05, 0) is 48.8 Å².